The van der Waals surface area contributed by atoms with E-state index in [-0.39, 0.29) is 0 Å². The van der Waals surface area contributed by atoms with Gasteiger partial charge in [0.05, 0.1) is 0 Å². The molecule has 0 spiro atoms. The molecule has 0 aromatic heterocycles. The number of fused-ring (bicyclic) bond motifs is 5. The largest absolute Gasteiger partial charge is 0.219 e. The summed E-state index contributed by atoms with van der Waals surface area (Å²) < 4.78 is 4.12. The first-order valence-electron chi connectivity index (χ1n) is 12.7. The molecule has 7 rings (SSSR count). The Hall–Kier alpha value is -3.62. The number of nitrogens with zero attached hydrogens (tertiary/aromatic N) is 1. The van der Waals surface area contributed by atoms with Gasteiger partial charge in [0, 0.05) is 23.1 Å². The summed E-state index contributed by atoms with van der Waals surface area (Å²) in [7, 11) is 0. The Kier molecular flexibility index (Phi) is 8.28. The molecular weight excluding hydrogens is 454 g/mol. The number of allylic oxidation sites excluding steroid dienone is 7. The highest BCUT2D eigenvalue weighted by molar-refractivity contribution is 7.98. The van der Waals surface area contributed by atoms with E-state index >= 15 is 0 Å². The van der Waals surface area contributed by atoms with Crippen LogP contribution in [0.25, 0.3) is 18.2 Å². The zero-order valence-electron chi connectivity index (χ0n) is 20.5. The van der Waals surface area contributed by atoms with Gasteiger partial charge in [-0.15, -0.1) is 0 Å². The Bertz CT molecular complexity index is 1570. The van der Waals surface area contributed by atoms with Gasteiger partial charge < -0.3 is 0 Å². The summed E-state index contributed by atoms with van der Waals surface area (Å²) in [6.07, 6.45) is 29.0. The first kappa shape index (κ1) is 24.1. The Morgan fingerprint density at radius 3 is 2.42 bits per heavy atom. The first-order valence-corrected chi connectivity index (χ1v) is 13.5. The average molecular weight is 486 g/mol. The average Bonchev–Trinajstić information content (AvgIpc) is 3.39. The standard InChI is InChI=1S/C18H16.C9H7NS.C7H8/c1-3-7-15-13(5-1)9-11-18-16-8-4-2-6-14(16)10-12-17(15)18;1-2-6-9-8(4-1)5-3-7-10-11-9;1-2-4-6-7-5-3-1/h1,3,5-7,9-10,12H,2,4,8,11H2;1-7H;1-6H,7H2. The molecule has 3 aromatic carbocycles. The SMILES string of the molecule is C1=CC=CCC=C1.C1=Cc2ccccc2SN=C1.C1=c2ccc3c(c2CCC1)CC=c1ccccc1=3. The number of rotatable bonds is 0. The highest BCUT2D eigenvalue weighted by atomic mass is 32.2. The predicted octanol–water partition coefficient (Wildman–Crippen LogP) is 7.28. The van der Waals surface area contributed by atoms with Gasteiger partial charge in [-0.1, -0.05) is 109 Å². The summed E-state index contributed by atoms with van der Waals surface area (Å²) in [4.78, 5) is 1.22. The fraction of sp³-hybridized carbons (Fsp3) is 0.147. The lowest BCUT2D eigenvalue weighted by Gasteiger charge is -2.16. The van der Waals surface area contributed by atoms with Gasteiger partial charge in [-0.05, 0) is 81.8 Å². The number of hydrogen-bond acceptors (Lipinski definition) is 2. The fourth-order valence-corrected chi connectivity index (χ4v) is 5.47. The maximum Gasteiger partial charge on any atom is 0.0377 e. The van der Waals surface area contributed by atoms with Crippen LogP contribution < -0.4 is 10.4 Å². The van der Waals surface area contributed by atoms with Crippen LogP contribution in [0.1, 0.15) is 36.0 Å². The lowest BCUT2D eigenvalue weighted by Crippen LogP contribution is -2.19. The van der Waals surface area contributed by atoms with Gasteiger partial charge in [0.1, 0.15) is 0 Å². The number of benzene rings is 3. The van der Waals surface area contributed by atoms with Crippen LogP contribution in [0.3, 0.4) is 0 Å². The molecule has 178 valence electrons. The zero-order valence-corrected chi connectivity index (χ0v) is 21.3. The van der Waals surface area contributed by atoms with E-state index in [0.29, 0.717) is 0 Å². The van der Waals surface area contributed by atoms with Gasteiger partial charge in [0.25, 0.3) is 0 Å². The molecule has 0 N–H and O–H groups in total. The van der Waals surface area contributed by atoms with E-state index in [1.54, 1.807) is 11.1 Å². The Morgan fingerprint density at radius 2 is 1.50 bits per heavy atom. The van der Waals surface area contributed by atoms with Crippen LogP contribution in [0, 0.1) is 10.4 Å². The van der Waals surface area contributed by atoms with E-state index in [1.165, 1.54) is 62.5 Å². The van der Waals surface area contributed by atoms with Crippen molar-refractivity contribution in [1.29, 1.82) is 0 Å². The molecule has 3 aromatic rings. The molecule has 0 atom stereocenters. The van der Waals surface area contributed by atoms with E-state index in [9.17, 15) is 0 Å². The molecule has 0 saturated heterocycles. The molecule has 0 amide bonds. The highest BCUT2D eigenvalue weighted by Gasteiger charge is 2.10. The molecule has 0 fully saturated rings. The summed E-state index contributed by atoms with van der Waals surface area (Å²) in [6.45, 7) is 0. The normalized spacial score (nSPS) is 15.6. The molecule has 1 aliphatic heterocycles. The lowest BCUT2D eigenvalue weighted by molar-refractivity contribution is 0.824. The minimum absolute atomic E-state index is 1.08. The number of hydrogen-bond donors (Lipinski definition) is 0. The zero-order chi connectivity index (χ0) is 24.4. The molecule has 0 bridgehead atoms. The lowest BCUT2D eigenvalue weighted by atomic mass is 9.89. The monoisotopic (exact) mass is 485 g/mol. The van der Waals surface area contributed by atoms with Gasteiger partial charge >= 0.3 is 0 Å². The van der Waals surface area contributed by atoms with Crippen molar-refractivity contribution < 1.29 is 0 Å². The predicted molar refractivity (Wildman–Crippen MR) is 157 cm³/mol. The summed E-state index contributed by atoms with van der Waals surface area (Å²) in [5.41, 5.74) is 4.42. The minimum atomic E-state index is 1.08. The maximum atomic E-state index is 4.12. The quantitative estimate of drug-likeness (QED) is 0.305. The van der Waals surface area contributed by atoms with E-state index < -0.39 is 0 Å². The molecule has 2 heteroatoms. The fourth-order valence-electron chi connectivity index (χ4n) is 4.84. The van der Waals surface area contributed by atoms with E-state index in [1.807, 2.05) is 36.6 Å². The Balaban J connectivity index is 0.000000126. The third-order valence-corrected chi connectivity index (χ3v) is 7.41. The second-order valence-corrected chi connectivity index (χ2v) is 9.80. The van der Waals surface area contributed by atoms with Gasteiger partial charge in [-0.25, -0.2) is 4.40 Å². The third-order valence-electron chi connectivity index (χ3n) is 6.61. The highest BCUT2D eigenvalue weighted by Crippen LogP contribution is 2.25. The Morgan fingerprint density at radius 1 is 0.667 bits per heavy atom. The third kappa shape index (κ3) is 5.95. The van der Waals surface area contributed by atoms with Crippen LogP contribution in [-0.2, 0) is 12.8 Å². The van der Waals surface area contributed by atoms with Crippen molar-refractivity contribution in [1.82, 2.24) is 0 Å². The molecule has 0 unspecified atom stereocenters. The van der Waals surface area contributed by atoms with Gasteiger partial charge in [0.15, 0.2) is 0 Å². The second kappa shape index (κ2) is 12.4. The van der Waals surface area contributed by atoms with E-state index in [4.69, 9.17) is 0 Å². The van der Waals surface area contributed by atoms with Crippen molar-refractivity contribution in [2.45, 2.75) is 37.0 Å². The molecule has 1 nitrogen and oxygen atoms in total. The topological polar surface area (TPSA) is 12.4 Å². The Labute approximate surface area is 218 Å². The molecule has 3 aliphatic carbocycles. The molecule has 0 radical (unpaired) electrons. The maximum absolute atomic E-state index is 4.12. The molecule has 1 heterocycles. The summed E-state index contributed by atoms with van der Waals surface area (Å²) >= 11 is 1.52. The molecule has 4 aliphatic rings. The van der Waals surface area contributed by atoms with Crippen LogP contribution in [-0.4, -0.2) is 6.21 Å². The van der Waals surface area contributed by atoms with Crippen LogP contribution in [0.2, 0.25) is 0 Å². The van der Waals surface area contributed by atoms with Crippen LogP contribution in [0.5, 0.6) is 0 Å². The minimum Gasteiger partial charge on any atom is -0.219 e. The summed E-state index contributed by atoms with van der Waals surface area (Å²) in [5.74, 6) is 0. The van der Waals surface area contributed by atoms with Gasteiger partial charge in [-0.2, -0.15) is 0 Å². The summed E-state index contributed by atoms with van der Waals surface area (Å²) in [6, 6.07) is 21.6. The van der Waals surface area contributed by atoms with Crippen molar-refractivity contribution in [2.24, 2.45) is 4.40 Å². The van der Waals surface area contributed by atoms with Gasteiger partial charge in [0.2, 0.25) is 0 Å². The smallest absolute Gasteiger partial charge is 0.0377 e. The van der Waals surface area contributed by atoms with Crippen LogP contribution in [0.15, 0.2) is 112 Å². The van der Waals surface area contributed by atoms with E-state index in [0.717, 1.165) is 12.8 Å². The molecule has 0 saturated carbocycles. The van der Waals surface area contributed by atoms with Crippen molar-refractivity contribution in [3.05, 3.63) is 141 Å². The van der Waals surface area contributed by atoms with Crippen LogP contribution in [0.4, 0.5) is 0 Å². The van der Waals surface area contributed by atoms with E-state index in [2.05, 4.69) is 95.5 Å². The molecule has 36 heavy (non-hydrogen) atoms. The van der Waals surface area contributed by atoms with Crippen molar-refractivity contribution in [2.75, 3.05) is 0 Å². The van der Waals surface area contributed by atoms with Crippen molar-refractivity contribution >= 4 is 36.4 Å². The van der Waals surface area contributed by atoms with Crippen molar-refractivity contribution in [3.63, 3.8) is 0 Å². The van der Waals surface area contributed by atoms with Gasteiger partial charge in [-0.3, -0.25) is 0 Å². The molecular formula is C34H31NS. The van der Waals surface area contributed by atoms with Crippen LogP contribution >= 0.6 is 11.9 Å². The summed E-state index contributed by atoms with van der Waals surface area (Å²) in [5, 5.41) is 5.74. The second-order valence-electron chi connectivity index (χ2n) is 8.97. The van der Waals surface area contributed by atoms with Crippen molar-refractivity contribution in [3.8, 4) is 0 Å². The first-order chi connectivity index (χ1) is 17.9.